The van der Waals surface area contributed by atoms with Crippen molar-refractivity contribution in [2.45, 2.75) is 32.7 Å². The third kappa shape index (κ3) is 3.73. The lowest BCUT2D eigenvalue weighted by Crippen LogP contribution is -2.61. The Morgan fingerprint density at radius 1 is 1.37 bits per heavy atom. The molecule has 1 heterocycles. The van der Waals surface area contributed by atoms with Gasteiger partial charge in [-0.2, -0.15) is 0 Å². The summed E-state index contributed by atoms with van der Waals surface area (Å²) in [6.45, 7) is 9.27. The van der Waals surface area contributed by atoms with Crippen molar-refractivity contribution >= 4 is 11.9 Å². The highest BCUT2D eigenvalue weighted by molar-refractivity contribution is 5.88. The molecule has 1 saturated heterocycles. The van der Waals surface area contributed by atoms with Crippen LogP contribution in [0.15, 0.2) is 5.16 Å². The molecule has 0 aliphatic carbocycles. The van der Waals surface area contributed by atoms with E-state index >= 15 is 0 Å². The maximum absolute atomic E-state index is 11.8. The molecule has 0 spiro atoms. The van der Waals surface area contributed by atoms with Crippen LogP contribution in [-0.4, -0.2) is 65.1 Å². The van der Waals surface area contributed by atoms with Gasteiger partial charge in [0.15, 0.2) is 5.84 Å². The third-order valence-electron chi connectivity index (χ3n) is 3.62. The van der Waals surface area contributed by atoms with E-state index in [9.17, 15) is 4.79 Å². The molecule has 0 unspecified atom stereocenters. The Labute approximate surface area is 114 Å². The van der Waals surface area contributed by atoms with Crippen LogP contribution in [0.25, 0.3) is 0 Å². The molecule has 1 aliphatic heterocycles. The molecule has 0 bridgehead atoms. The number of carbonyl (C=O) groups excluding carboxylic acids is 1. The fourth-order valence-corrected chi connectivity index (χ4v) is 2.10. The number of oxime groups is 1. The Kier molecular flexibility index (Phi) is 5.41. The lowest BCUT2D eigenvalue weighted by Gasteiger charge is -2.43. The normalized spacial score (nSPS) is 18.5. The van der Waals surface area contributed by atoms with Crippen molar-refractivity contribution in [2.24, 2.45) is 10.9 Å². The van der Waals surface area contributed by atoms with E-state index in [2.05, 4.69) is 15.4 Å². The SMILES string of the molecule is CCCNC(=O)N1CCN(C(C)(C)C(N)=NO)CC1. The van der Waals surface area contributed by atoms with Crippen LogP contribution in [0.3, 0.4) is 0 Å². The Morgan fingerprint density at radius 3 is 2.42 bits per heavy atom. The minimum absolute atomic E-state index is 0.0110. The molecule has 0 aromatic rings. The van der Waals surface area contributed by atoms with Gasteiger partial charge in [0.1, 0.15) is 0 Å². The quantitative estimate of drug-likeness (QED) is 0.296. The maximum Gasteiger partial charge on any atom is 0.317 e. The summed E-state index contributed by atoms with van der Waals surface area (Å²) in [4.78, 5) is 15.7. The number of carbonyl (C=O) groups is 1. The zero-order valence-corrected chi connectivity index (χ0v) is 12.0. The highest BCUT2D eigenvalue weighted by Gasteiger charge is 2.34. The number of nitrogens with zero attached hydrogens (tertiary/aromatic N) is 3. The van der Waals surface area contributed by atoms with Crippen molar-refractivity contribution in [3.05, 3.63) is 0 Å². The number of urea groups is 1. The van der Waals surface area contributed by atoms with E-state index in [1.807, 2.05) is 20.8 Å². The fraction of sp³-hybridized carbons (Fsp3) is 0.833. The van der Waals surface area contributed by atoms with Crippen molar-refractivity contribution in [1.82, 2.24) is 15.1 Å². The Balaban J connectivity index is 2.51. The van der Waals surface area contributed by atoms with E-state index in [4.69, 9.17) is 10.9 Å². The van der Waals surface area contributed by atoms with Gasteiger partial charge in [0.05, 0.1) is 5.54 Å². The van der Waals surface area contributed by atoms with Gasteiger partial charge >= 0.3 is 6.03 Å². The lowest BCUT2D eigenvalue weighted by molar-refractivity contribution is 0.0953. The van der Waals surface area contributed by atoms with Gasteiger partial charge in [0.2, 0.25) is 0 Å². The van der Waals surface area contributed by atoms with E-state index in [-0.39, 0.29) is 11.9 Å². The third-order valence-corrected chi connectivity index (χ3v) is 3.62. The standard InChI is InChI=1S/C12H25N5O2/c1-4-5-14-11(18)16-6-8-17(9-7-16)12(2,3)10(13)15-19/h19H,4-9H2,1-3H3,(H2,13,15)(H,14,18). The molecule has 19 heavy (non-hydrogen) atoms. The van der Waals surface area contributed by atoms with E-state index < -0.39 is 5.54 Å². The summed E-state index contributed by atoms with van der Waals surface area (Å²) in [7, 11) is 0. The first-order valence-corrected chi connectivity index (χ1v) is 6.69. The molecule has 0 radical (unpaired) electrons. The molecule has 110 valence electrons. The van der Waals surface area contributed by atoms with Gasteiger partial charge in [-0.15, -0.1) is 0 Å². The zero-order valence-electron chi connectivity index (χ0n) is 12.0. The van der Waals surface area contributed by atoms with E-state index in [1.165, 1.54) is 0 Å². The average molecular weight is 271 g/mol. The number of nitrogens with two attached hydrogens (primary N) is 1. The van der Waals surface area contributed by atoms with Gasteiger partial charge in [0, 0.05) is 32.7 Å². The van der Waals surface area contributed by atoms with Crippen LogP contribution < -0.4 is 11.1 Å². The summed E-state index contributed by atoms with van der Waals surface area (Å²) < 4.78 is 0. The predicted molar refractivity (Wildman–Crippen MR) is 74.3 cm³/mol. The summed E-state index contributed by atoms with van der Waals surface area (Å²) in [5.41, 5.74) is 5.21. The number of nitrogens with one attached hydrogen (secondary N) is 1. The summed E-state index contributed by atoms with van der Waals surface area (Å²) >= 11 is 0. The second-order valence-electron chi connectivity index (χ2n) is 5.25. The van der Waals surface area contributed by atoms with E-state index in [0.29, 0.717) is 32.7 Å². The molecule has 1 aliphatic rings. The zero-order chi connectivity index (χ0) is 14.5. The molecule has 2 amide bonds. The number of hydrogen-bond acceptors (Lipinski definition) is 4. The minimum Gasteiger partial charge on any atom is -0.409 e. The molecular formula is C12H25N5O2. The molecule has 0 saturated carbocycles. The summed E-state index contributed by atoms with van der Waals surface area (Å²) in [6.07, 6.45) is 0.933. The van der Waals surface area contributed by atoms with Crippen LogP contribution in [0.5, 0.6) is 0 Å². The van der Waals surface area contributed by atoms with Crippen LogP contribution in [0.2, 0.25) is 0 Å². The molecule has 0 aromatic heterocycles. The molecule has 0 atom stereocenters. The Bertz CT molecular complexity index is 335. The molecule has 7 heteroatoms. The van der Waals surface area contributed by atoms with Gasteiger partial charge < -0.3 is 21.2 Å². The summed E-state index contributed by atoms with van der Waals surface area (Å²) in [6, 6.07) is -0.0110. The number of piperazine rings is 1. The van der Waals surface area contributed by atoms with Crippen LogP contribution in [0.4, 0.5) is 4.79 Å². The fourth-order valence-electron chi connectivity index (χ4n) is 2.10. The second kappa shape index (κ2) is 6.60. The van der Waals surface area contributed by atoms with Gasteiger partial charge in [-0.1, -0.05) is 12.1 Å². The van der Waals surface area contributed by atoms with Gasteiger partial charge in [0.25, 0.3) is 0 Å². The number of amidine groups is 1. The molecule has 1 fully saturated rings. The first-order chi connectivity index (χ1) is 8.93. The van der Waals surface area contributed by atoms with Crippen LogP contribution in [-0.2, 0) is 0 Å². The minimum atomic E-state index is -0.499. The van der Waals surface area contributed by atoms with E-state index in [1.54, 1.807) is 4.90 Å². The maximum atomic E-state index is 11.8. The number of rotatable bonds is 4. The highest BCUT2D eigenvalue weighted by atomic mass is 16.4. The highest BCUT2D eigenvalue weighted by Crippen LogP contribution is 2.17. The Hall–Kier alpha value is -1.50. The second-order valence-corrected chi connectivity index (χ2v) is 5.25. The van der Waals surface area contributed by atoms with Crippen LogP contribution >= 0.6 is 0 Å². The van der Waals surface area contributed by atoms with Gasteiger partial charge in [-0.25, -0.2) is 4.79 Å². The van der Waals surface area contributed by atoms with Crippen molar-refractivity contribution < 1.29 is 10.0 Å². The molecule has 7 nitrogen and oxygen atoms in total. The monoisotopic (exact) mass is 271 g/mol. The lowest BCUT2D eigenvalue weighted by atomic mass is 10.0. The molecule has 1 rings (SSSR count). The van der Waals surface area contributed by atoms with Crippen LogP contribution in [0.1, 0.15) is 27.2 Å². The first kappa shape index (κ1) is 15.6. The first-order valence-electron chi connectivity index (χ1n) is 6.69. The van der Waals surface area contributed by atoms with Crippen molar-refractivity contribution in [2.75, 3.05) is 32.7 Å². The molecular weight excluding hydrogens is 246 g/mol. The molecule has 4 N–H and O–H groups in total. The molecule has 0 aromatic carbocycles. The van der Waals surface area contributed by atoms with Crippen LogP contribution in [0, 0.1) is 0 Å². The van der Waals surface area contributed by atoms with Crippen molar-refractivity contribution in [3.8, 4) is 0 Å². The number of hydrogen-bond donors (Lipinski definition) is 3. The predicted octanol–water partition coefficient (Wildman–Crippen LogP) is 0.249. The summed E-state index contributed by atoms with van der Waals surface area (Å²) in [5, 5.41) is 14.8. The van der Waals surface area contributed by atoms with Gasteiger partial charge in [-0.3, -0.25) is 4.90 Å². The van der Waals surface area contributed by atoms with E-state index in [0.717, 1.165) is 6.42 Å². The topological polar surface area (TPSA) is 94.2 Å². The smallest absolute Gasteiger partial charge is 0.317 e. The Morgan fingerprint density at radius 2 is 1.95 bits per heavy atom. The largest absolute Gasteiger partial charge is 0.409 e. The van der Waals surface area contributed by atoms with Crippen molar-refractivity contribution in [1.29, 1.82) is 0 Å². The van der Waals surface area contributed by atoms with Gasteiger partial charge in [-0.05, 0) is 20.3 Å². The van der Waals surface area contributed by atoms with Crippen molar-refractivity contribution in [3.63, 3.8) is 0 Å². The average Bonchev–Trinajstić information content (AvgIpc) is 2.43. The summed E-state index contributed by atoms with van der Waals surface area (Å²) in [5.74, 6) is 0.191. The number of amides is 2.